The van der Waals surface area contributed by atoms with E-state index in [1.54, 1.807) is 19.2 Å². The van der Waals surface area contributed by atoms with Crippen LogP contribution in [0.4, 0.5) is 10.1 Å². The molecule has 0 spiro atoms. The number of benzene rings is 2. The Morgan fingerprint density at radius 3 is 2.56 bits per heavy atom. The predicted molar refractivity (Wildman–Crippen MR) is 106 cm³/mol. The average Bonchev–Trinajstić information content (AvgIpc) is 3.17. The SMILES string of the molecule is COc1ccc(N2CCN(Cc3nnsc3-c3cccc(F)c3)CC2)cc1. The normalized spacial score (nSPS) is 15.1. The summed E-state index contributed by atoms with van der Waals surface area (Å²) in [4.78, 5) is 5.70. The van der Waals surface area contributed by atoms with Gasteiger partial charge in [0.15, 0.2) is 0 Å². The molecule has 27 heavy (non-hydrogen) atoms. The molecule has 4 rings (SSSR count). The third-order valence-corrected chi connectivity index (χ3v) is 5.64. The van der Waals surface area contributed by atoms with E-state index in [4.69, 9.17) is 4.74 Å². The molecule has 2 aromatic carbocycles. The second-order valence-electron chi connectivity index (χ2n) is 6.52. The molecule has 0 N–H and O–H groups in total. The van der Waals surface area contributed by atoms with E-state index in [1.807, 2.05) is 18.2 Å². The molecule has 3 aromatic rings. The third-order valence-electron chi connectivity index (χ3n) is 4.83. The summed E-state index contributed by atoms with van der Waals surface area (Å²) in [5.41, 5.74) is 2.98. The Morgan fingerprint density at radius 1 is 1.07 bits per heavy atom. The number of halogens is 1. The molecule has 2 heterocycles. The van der Waals surface area contributed by atoms with Crippen LogP contribution in [-0.2, 0) is 6.54 Å². The van der Waals surface area contributed by atoms with Crippen LogP contribution in [-0.4, -0.2) is 47.8 Å². The molecular weight excluding hydrogens is 363 g/mol. The van der Waals surface area contributed by atoms with Crippen molar-refractivity contribution in [3.63, 3.8) is 0 Å². The molecule has 0 bridgehead atoms. The lowest BCUT2D eigenvalue weighted by atomic mass is 10.1. The van der Waals surface area contributed by atoms with Gasteiger partial charge < -0.3 is 9.64 Å². The summed E-state index contributed by atoms with van der Waals surface area (Å²) in [5, 5.41) is 4.29. The predicted octanol–water partition coefficient (Wildman–Crippen LogP) is 3.68. The molecule has 5 nitrogen and oxygen atoms in total. The van der Waals surface area contributed by atoms with Gasteiger partial charge in [0.1, 0.15) is 11.6 Å². The monoisotopic (exact) mass is 384 g/mol. The van der Waals surface area contributed by atoms with E-state index in [2.05, 4.69) is 31.5 Å². The maximum absolute atomic E-state index is 13.5. The molecule has 1 fully saturated rings. The Balaban J connectivity index is 1.39. The summed E-state index contributed by atoms with van der Waals surface area (Å²) >= 11 is 1.32. The Bertz CT molecular complexity index is 891. The van der Waals surface area contributed by atoms with Gasteiger partial charge in [-0.1, -0.05) is 16.6 Å². The van der Waals surface area contributed by atoms with Gasteiger partial charge in [-0.2, -0.15) is 0 Å². The van der Waals surface area contributed by atoms with E-state index in [1.165, 1.54) is 23.3 Å². The summed E-state index contributed by atoms with van der Waals surface area (Å²) in [6.45, 7) is 4.55. The highest BCUT2D eigenvalue weighted by molar-refractivity contribution is 7.09. The number of rotatable bonds is 5. The minimum atomic E-state index is -0.236. The quantitative estimate of drug-likeness (QED) is 0.671. The molecule has 0 aliphatic carbocycles. The second kappa shape index (κ2) is 8.02. The average molecular weight is 384 g/mol. The molecule has 1 saturated heterocycles. The highest BCUT2D eigenvalue weighted by Crippen LogP contribution is 2.28. The van der Waals surface area contributed by atoms with Crippen LogP contribution >= 0.6 is 11.5 Å². The first-order valence-electron chi connectivity index (χ1n) is 8.91. The number of hydrogen-bond donors (Lipinski definition) is 0. The first-order chi connectivity index (χ1) is 13.2. The third kappa shape index (κ3) is 4.09. The number of nitrogens with zero attached hydrogens (tertiary/aromatic N) is 4. The van der Waals surface area contributed by atoms with Gasteiger partial charge in [0.25, 0.3) is 0 Å². The topological polar surface area (TPSA) is 41.5 Å². The fourth-order valence-corrected chi connectivity index (χ4v) is 3.99. The van der Waals surface area contributed by atoms with Crippen LogP contribution in [0.25, 0.3) is 10.4 Å². The fraction of sp³-hybridized carbons (Fsp3) is 0.300. The lowest BCUT2D eigenvalue weighted by molar-refractivity contribution is 0.247. The van der Waals surface area contributed by atoms with Crippen molar-refractivity contribution in [2.75, 3.05) is 38.2 Å². The van der Waals surface area contributed by atoms with Crippen molar-refractivity contribution in [2.24, 2.45) is 0 Å². The highest BCUT2D eigenvalue weighted by Gasteiger charge is 2.20. The van der Waals surface area contributed by atoms with Gasteiger partial charge in [0, 0.05) is 38.4 Å². The highest BCUT2D eigenvalue weighted by atomic mass is 32.1. The lowest BCUT2D eigenvalue weighted by Crippen LogP contribution is -2.46. The maximum atomic E-state index is 13.5. The smallest absolute Gasteiger partial charge is 0.123 e. The van der Waals surface area contributed by atoms with Crippen molar-refractivity contribution in [3.8, 4) is 16.2 Å². The van der Waals surface area contributed by atoms with Crippen molar-refractivity contribution in [1.29, 1.82) is 0 Å². The molecule has 0 saturated carbocycles. The van der Waals surface area contributed by atoms with E-state index in [-0.39, 0.29) is 5.82 Å². The first kappa shape index (κ1) is 17.9. The van der Waals surface area contributed by atoms with E-state index in [0.717, 1.165) is 54.6 Å². The summed E-state index contributed by atoms with van der Waals surface area (Å²) < 4.78 is 22.9. The molecular formula is C20H21FN4OS. The summed E-state index contributed by atoms with van der Waals surface area (Å²) in [5.74, 6) is 0.637. The van der Waals surface area contributed by atoms with Gasteiger partial charge in [-0.05, 0) is 53.5 Å². The zero-order valence-corrected chi connectivity index (χ0v) is 16.0. The Morgan fingerprint density at radius 2 is 1.85 bits per heavy atom. The van der Waals surface area contributed by atoms with Gasteiger partial charge in [0.2, 0.25) is 0 Å². The van der Waals surface area contributed by atoms with E-state index in [9.17, 15) is 4.39 Å². The number of methoxy groups -OCH3 is 1. The van der Waals surface area contributed by atoms with Crippen molar-refractivity contribution >= 4 is 17.2 Å². The second-order valence-corrected chi connectivity index (χ2v) is 7.27. The van der Waals surface area contributed by atoms with Crippen LogP contribution in [0, 0.1) is 5.82 Å². The van der Waals surface area contributed by atoms with E-state index < -0.39 is 0 Å². The van der Waals surface area contributed by atoms with Gasteiger partial charge in [-0.25, -0.2) is 4.39 Å². The van der Waals surface area contributed by atoms with Crippen molar-refractivity contribution < 1.29 is 9.13 Å². The standard InChI is InChI=1S/C20H21FN4OS/c1-26-18-7-5-17(6-8-18)25-11-9-24(10-12-25)14-19-20(27-23-22-19)15-3-2-4-16(21)13-15/h2-8,13H,9-12,14H2,1H3. The number of anilines is 1. The molecule has 0 amide bonds. The molecule has 1 aromatic heterocycles. The number of piperazine rings is 1. The Kier molecular flexibility index (Phi) is 5.31. The van der Waals surface area contributed by atoms with Crippen LogP contribution in [0.15, 0.2) is 48.5 Å². The summed E-state index contributed by atoms with van der Waals surface area (Å²) in [6.07, 6.45) is 0. The van der Waals surface area contributed by atoms with Gasteiger partial charge in [-0.3, -0.25) is 4.90 Å². The first-order valence-corrected chi connectivity index (χ1v) is 9.69. The maximum Gasteiger partial charge on any atom is 0.123 e. The fourth-order valence-electron chi connectivity index (χ4n) is 3.33. The molecule has 7 heteroatoms. The van der Waals surface area contributed by atoms with Crippen molar-refractivity contribution in [1.82, 2.24) is 14.5 Å². The molecule has 0 unspecified atom stereocenters. The minimum Gasteiger partial charge on any atom is -0.497 e. The minimum absolute atomic E-state index is 0.236. The van der Waals surface area contributed by atoms with Gasteiger partial charge >= 0.3 is 0 Å². The van der Waals surface area contributed by atoms with Crippen LogP contribution in [0.3, 0.4) is 0 Å². The molecule has 0 radical (unpaired) electrons. The van der Waals surface area contributed by atoms with Crippen LogP contribution in [0.5, 0.6) is 5.75 Å². The van der Waals surface area contributed by atoms with Crippen molar-refractivity contribution in [3.05, 3.63) is 60.0 Å². The lowest BCUT2D eigenvalue weighted by Gasteiger charge is -2.35. The Labute approximate surface area is 162 Å². The van der Waals surface area contributed by atoms with Gasteiger partial charge in [0.05, 0.1) is 17.7 Å². The van der Waals surface area contributed by atoms with Crippen LogP contribution in [0.1, 0.15) is 5.69 Å². The van der Waals surface area contributed by atoms with Crippen molar-refractivity contribution in [2.45, 2.75) is 6.54 Å². The van der Waals surface area contributed by atoms with Crippen LogP contribution < -0.4 is 9.64 Å². The molecule has 0 atom stereocenters. The molecule has 1 aliphatic rings. The van der Waals surface area contributed by atoms with E-state index >= 15 is 0 Å². The zero-order chi connectivity index (χ0) is 18.6. The van der Waals surface area contributed by atoms with Crippen LogP contribution in [0.2, 0.25) is 0 Å². The number of ether oxygens (including phenoxy) is 1. The van der Waals surface area contributed by atoms with Gasteiger partial charge in [-0.15, -0.1) is 5.10 Å². The molecule has 140 valence electrons. The Hall–Kier alpha value is -2.51. The molecule has 1 aliphatic heterocycles. The summed E-state index contributed by atoms with van der Waals surface area (Å²) in [6, 6.07) is 14.8. The largest absolute Gasteiger partial charge is 0.497 e. The summed E-state index contributed by atoms with van der Waals surface area (Å²) in [7, 11) is 1.68. The number of hydrogen-bond acceptors (Lipinski definition) is 6. The zero-order valence-electron chi connectivity index (χ0n) is 15.1. The number of aromatic nitrogens is 2. The van der Waals surface area contributed by atoms with E-state index in [0.29, 0.717) is 0 Å².